The minimum absolute atomic E-state index is 0.0127. The van der Waals surface area contributed by atoms with Crippen molar-refractivity contribution >= 4 is 33.3 Å². The standard InChI is InChI=1S/C32H41ClN2O7S/c1-20-13-25(40-11-12-43(34,38)39)16-30(42-20)26-7-4-23(26)17-35-18-32(10-2-3-21-14-24(33)6-8-27(21)32)19-41-29-9-5-22(31(36)37)15-28(29)35/h5-6,8-9,14-15,20,23,25-26,30H,2-4,7,10-13,16-19H2,1H3,(H,36,37)(H2,34,38,39)/t20?,23-,25+,26+,30-,32?/m0/s1. The third-order valence-electron chi connectivity index (χ3n) is 9.91. The van der Waals surface area contributed by atoms with Gasteiger partial charge in [0.25, 0.3) is 0 Å². The topological polar surface area (TPSA) is 128 Å². The van der Waals surface area contributed by atoms with E-state index < -0.39 is 16.0 Å². The van der Waals surface area contributed by atoms with Crippen molar-refractivity contribution < 1.29 is 32.5 Å². The molecule has 6 atom stereocenters. The summed E-state index contributed by atoms with van der Waals surface area (Å²) < 4.78 is 41.7. The van der Waals surface area contributed by atoms with E-state index >= 15 is 0 Å². The molecule has 2 unspecified atom stereocenters. The Kier molecular flexibility index (Phi) is 8.69. The summed E-state index contributed by atoms with van der Waals surface area (Å²) in [7, 11) is -3.57. The minimum atomic E-state index is -3.57. The monoisotopic (exact) mass is 632 g/mol. The number of carboxylic acids is 1. The molecule has 0 radical (unpaired) electrons. The van der Waals surface area contributed by atoms with Crippen LogP contribution < -0.4 is 14.8 Å². The highest BCUT2D eigenvalue weighted by Crippen LogP contribution is 2.47. The lowest BCUT2D eigenvalue weighted by Crippen LogP contribution is -2.51. The highest BCUT2D eigenvalue weighted by Gasteiger charge is 2.46. The number of benzene rings is 2. The predicted molar refractivity (Wildman–Crippen MR) is 165 cm³/mol. The van der Waals surface area contributed by atoms with E-state index in [0.717, 1.165) is 68.7 Å². The number of fused-ring (bicyclic) bond motifs is 3. The number of ether oxygens (including phenoxy) is 3. The van der Waals surface area contributed by atoms with Crippen LogP contribution in [0.5, 0.6) is 5.75 Å². The first-order chi connectivity index (χ1) is 20.5. The van der Waals surface area contributed by atoms with Gasteiger partial charge in [-0.15, -0.1) is 0 Å². The van der Waals surface area contributed by atoms with E-state index in [1.54, 1.807) is 18.2 Å². The number of aromatic carboxylic acids is 1. The third-order valence-corrected chi connectivity index (χ3v) is 10.9. The molecule has 6 rings (SSSR count). The van der Waals surface area contributed by atoms with Gasteiger partial charge in [-0.25, -0.2) is 18.4 Å². The van der Waals surface area contributed by atoms with Gasteiger partial charge in [0.2, 0.25) is 10.0 Å². The summed E-state index contributed by atoms with van der Waals surface area (Å²) in [6.45, 7) is 4.14. The molecule has 43 heavy (non-hydrogen) atoms. The lowest BCUT2D eigenvalue weighted by atomic mass is 9.67. The number of aryl methyl sites for hydroxylation is 1. The summed E-state index contributed by atoms with van der Waals surface area (Å²) in [5, 5.41) is 15.7. The zero-order chi connectivity index (χ0) is 30.4. The fourth-order valence-corrected chi connectivity index (χ4v) is 8.24. The number of halogens is 1. The Morgan fingerprint density at radius 1 is 1.21 bits per heavy atom. The Labute approximate surface area is 258 Å². The second-order valence-electron chi connectivity index (χ2n) is 12.9. The van der Waals surface area contributed by atoms with Gasteiger partial charge in [-0.1, -0.05) is 17.7 Å². The number of carbonyl (C=O) groups is 1. The first-order valence-corrected chi connectivity index (χ1v) is 17.4. The zero-order valence-corrected chi connectivity index (χ0v) is 26.1. The molecule has 2 heterocycles. The maximum Gasteiger partial charge on any atom is 0.335 e. The molecule has 2 aliphatic carbocycles. The van der Waals surface area contributed by atoms with Crippen LogP contribution in [0.1, 0.15) is 66.9 Å². The fraction of sp³-hybridized carbons (Fsp3) is 0.594. The van der Waals surface area contributed by atoms with E-state index in [1.807, 2.05) is 13.0 Å². The molecule has 1 saturated carbocycles. The predicted octanol–water partition coefficient (Wildman–Crippen LogP) is 4.78. The Balaban J connectivity index is 1.25. The summed E-state index contributed by atoms with van der Waals surface area (Å²) in [5.74, 6) is 0.242. The van der Waals surface area contributed by atoms with E-state index in [4.69, 9.17) is 31.0 Å². The molecule has 0 amide bonds. The summed E-state index contributed by atoms with van der Waals surface area (Å²) in [5.41, 5.74) is 3.37. The quantitative estimate of drug-likeness (QED) is 0.426. The zero-order valence-electron chi connectivity index (χ0n) is 24.5. The summed E-state index contributed by atoms with van der Waals surface area (Å²) in [6, 6.07) is 11.4. The van der Waals surface area contributed by atoms with Gasteiger partial charge < -0.3 is 24.2 Å². The van der Waals surface area contributed by atoms with Crippen molar-refractivity contribution in [2.75, 3.05) is 37.0 Å². The molecular weight excluding hydrogens is 592 g/mol. The lowest BCUT2D eigenvalue weighted by molar-refractivity contribution is -0.146. The van der Waals surface area contributed by atoms with Gasteiger partial charge in [0.05, 0.1) is 48.5 Å². The fourth-order valence-electron chi connectivity index (χ4n) is 7.72. The van der Waals surface area contributed by atoms with Crippen LogP contribution >= 0.6 is 11.6 Å². The Morgan fingerprint density at radius 2 is 2.05 bits per heavy atom. The molecule has 1 saturated heterocycles. The Morgan fingerprint density at radius 3 is 2.79 bits per heavy atom. The van der Waals surface area contributed by atoms with E-state index in [9.17, 15) is 18.3 Å². The van der Waals surface area contributed by atoms with Gasteiger partial charge in [0, 0.05) is 29.9 Å². The first-order valence-electron chi connectivity index (χ1n) is 15.3. The normalized spacial score (nSPS) is 30.5. The number of rotatable bonds is 8. The molecule has 4 aliphatic rings. The van der Waals surface area contributed by atoms with Crippen LogP contribution in [0.4, 0.5) is 5.69 Å². The van der Waals surface area contributed by atoms with Crippen molar-refractivity contribution in [1.82, 2.24) is 0 Å². The first kappa shape index (κ1) is 30.6. The smallest absolute Gasteiger partial charge is 0.335 e. The van der Waals surface area contributed by atoms with Crippen LogP contribution in [0.25, 0.3) is 0 Å². The number of carboxylic acid groups (broad SMARTS) is 1. The van der Waals surface area contributed by atoms with Gasteiger partial charge in [-0.05, 0) is 98.7 Å². The molecule has 11 heteroatoms. The lowest BCUT2D eigenvalue weighted by Gasteiger charge is -2.48. The average molecular weight is 633 g/mol. The van der Waals surface area contributed by atoms with Gasteiger partial charge in [0.1, 0.15) is 5.75 Å². The molecule has 234 valence electrons. The number of anilines is 1. The molecule has 2 fully saturated rings. The summed E-state index contributed by atoms with van der Waals surface area (Å²) in [4.78, 5) is 14.3. The van der Waals surface area contributed by atoms with Crippen molar-refractivity contribution in [3.63, 3.8) is 0 Å². The second-order valence-corrected chi connectivity index (χ2v) is 15.1. The number of hydrogen-bond acceptors (Lipinski definition) is 7. The van der Waals surface area contributed by atoms with E-state index in [0.29, 0.717) is 24.2 Å². The van der Waals surface area contributed by atoms with Crippen LogP contribution in [0, 0.1) is 11.8 Å². The second kappa shape index (κ2) is 12.2. The van der Waals surface area contributed by atoms with Gasteiger partial charge >= 0.3 is 5.97 Å². The minimum Gasteiger partial charge on any atom is -0.490 e. The molecule has 2 aromatic rings. The molecular formula is C32H41ClN2O7S. The molecule has 1 spiro atoms. The molecule has 3 N–H and O–H groups in total. The molecule has 9 nitrogen and oxygen atoms in total. The Bertz CT molecular complexity index is 1470. The Hall–Kier alpha value is -2.37. The SMILES string of the molecule is CC1C[C@@H](OCCS(N)(=O)=O)C[C@@H]([C@@H]2CC[C@H]2CN2CC3(CCCc4cc(Cl)ccc43)COc3ccc(C(=O)O)cc32)O1. The van der Waals surface area contributed by atoms with E-state index in [2.05, 4.69) is 17.0 Å². The van der Waals surface area contributed by atoms with Crippen molar-refractivity contribution in [2.24, 2.45) is 17.0 Å². The van der Waals surface area contributed by atoms with E-state index in [1.165, 1.54) is 11.1 Å². The number of primary sulfonamides is 1. The number of nitrogens with two attached hydrogens (primary N) is 1. The molecule has 2 aromatic carbocycles. The van der Waals surface area contributed by atoms with Crippen LogP contribution in [0.3, 0.4) is 0 Å². The number of hydrogen-bond donors (Lipinski definition) is 2. The molecule has 0 bridgehead atoms. The highest BCUT2D eigenvalue weighted by molar-refractivity contribution is 7.89. The largest absolute Gasteiger partial charge is 0.490 e. The average Bonchev–Trinajstić information content (AvgIpc) is 3.07. The number of sulfonamides is 1. The third kappa shape index (κ3) is 6.68. The molecule has 2 aliphatic heterocycles. The number of nitrogens with zero attached hydrogens (tertiary/aromatic N) is 1. The van der Waals surface area contributed by atoms with E-state index in [-0.39, 0.29) is 41.7 Å². The summed E-state index contributed by atoms with van der Waals surface area (Å²) >= 11 is 6.39. The van der Waals surface area contributed by atoms with Crippen LogP contribution in [0.15, 0.2) is 36.4 Å². The van der Waals surface area contributed by atoms with Crippen molar-refractivity contribution in [3.8, 4) is 5.75 Å². The van der Waals surface area contributed by atoms with Crippen LogP contribution in [-0.2, 0) is 31.3 Å². The van der Waals surface area contributed by atoms with Crippen molar-refractivity contribution in [3.05, 3.63) is 58.1 Å². The van der Waals surface area contributed by atoms with Gasteiger partial charge in [0.15, 0.2) is 0 Å². The van der Waals surface area contributed by atoms with Crippen molar-refractivity contribution in [2.45, 2.75) is 75.6 Å². The van der Waals surface area contributed by atoms with Gasteiger partial charge in [-0.2, -0.15) is 0 Å². The maximum absolute atomic E-state index is 12.0. The van der Waals surface area contributed by atoms with Crippen LogP contribution in [-0.4, -0.2) is 69.9 Å². The van der Waals surface area contributed by atoms with Crippen molar-refractivity contribution in [1.29, 1.82) is 0 Å². The van der Waals surface area contributed by atoms with Gasteiger partial charge in [-0.3, -0.25) is 0 Å². The molecule has 0 aromatic heterocycles. The van der Waals surface area contributed by atoms with Crippen LogP contribution in [0.2, 0.25) is 5.02 Å². The maximum atomic E-state index is 12.0. The highest BCUT2D eigenvalue weighted by atomic mass is 35.5. The summed E-state index contributed by atoms with van der Waals surface area (Å²) in [6.07, 6.45) is 6.49.